The predicted octanol–water partition coefficient (Wildman–Crippen LogP) is 7.33. The maximum absolute atomic E-state index is 3.88. The molecule has 0 atom stereocenters. The van der Waals surface area contributed by atoms with Crippen molar-refractivity contribution < 1.29 is 0 Å². The van der Waals surface area contributed by atoms with Crippen LogP contribution in [0.3, 0.4) is 0 Å². The minimum atomic E-state index is 0.833. The van der Waals surface area contributed by atoms with Gasteiger partial charge in [-0.2, -0.15) is 0 Å². The highest BCUT2D eigenvalue weighted by Crippen LogP contribution is 2.06. The molecule has 0 spiro atoms. The third-order valence-corrected chi connectivity index (χ3v) is 1.99. The van der Waals surface area contributed by atoms with Crippen LogP contribution >= 0.6 is 0 Å². The van der Waals surface area contributed by atoms with E-state index < -0.39 is 0 Å². The quantitative estimate of drug-likeness (QED) is 0.532. The number of hydrogen-bond acceptors (Lipinski definition) is 1. The zero-order valence-electron chi connectivity index (χ0n) is 16.6. The Kier molecular flexibility index (Phi) is 22.8. The monoisotopic (exact) mass is 315 g/mol. The summed E-state index contributed by atoms with van der Waals surface area (Å²) in [5.74, 6) is 0.833. The van der Waals surface area contributed by atoms with Gasteiger partial charge in [0.25, 0.3) is 0 Å². The molecule has 0 saturated heterocycles. The molecule has 1 aromatic heterocycles. The van der Waals surface area contributed by atoms with Crippen LogP contribution in [0.2, 0.25) is 0 Å². The van der Waals surface area contributed by atoms with Crippen LogP contribution < -0.4 is 0 Å². The summed E-state index contributed by atoms with van der Waals surface area (Å²) < 4.78 is 0. The molecule has 23 heavy (non-hydrogen) atoms. The fourth-order valence-corrected chi connectivity index (χ4v) is 1.03. The summed E-state index contributed by atoms with van der Waals surface area (Å²) in [5, 5.41) is 0. The first-order valence-corrected chi connectivity index (χ1v) is 8.33. The lowest BCUT2D eigenvalue weighted by Crippen LogP contribution is -1.75. The molecule has 0 amide bonds. The van der Waals surface area contributed by atoms with Gasteiger partial charge in [-0.1, -0.05) is 83.7 Å². The average Bonchev–Trinajstić information content (AvgIpc) is 2.50. The number of rotatable bonds is 3. The highest BCUT2D eigenvalue weighted by molar-refractivity contribution is 5.37. The molecule has 0 fully saturated rings. The van der Waals surface area contributed by atoms with Crippen molar-refractivity contribution in [2.24, 2.45) is 5.92 Å². The van der Waals surface area contributed by atoms with Crippen molar-refractivity contribution in [1.29, 1.82) is 0 Å². The van der Waals surface area contributed by atoms with Crippen LogP contribution in [0.15, 0.2) is 73.1 Å². The second-order valence-electron chi connectivity index (χ2n) is 5.39. The topological polar surface area (TPSA) is 12.9 Å². The molecule has 0 aliphatic rings. The molecule has 1 aromatic rings. The Balaban J connectivity index is -0.000000267. The van der Waals surface area contributed by atoms with Gasteiger partial charge in [0.1, 0.15) is 0 Å². The highest BCUT2D eigenvalue weighted by atomic mass is 14.6. The zero-order valence-corrected chi connectivity index (χ0v) is 16.6. The molecule has 0 radical (unpaired) electrons. The van der Waals surface area contributed by atoms with E-state index in [2.05, 4.69) is 38.9 Å². The lowest BCUT2D eigenvalue weighted by atomic mass is 10.1. The molecule has 0 aliphatic heterocycles. The summed E-state index contributed by atoms with van der Waals surface area (Å²) in [4.78, 5) is 3.88. The Morgan fingerprint density at radius 3 is 1.96 bits per heavy atom. The van der Waals surface area contributed by atoms with Crippen LogP contribution in [0.1, 0.15) is 54.0 Å². The first kappa shape index (κ1) is 26.0. The third kappa shape index (κ3) is 25.4. The Morgan fingerprint density at radius 2 is 1.74 bits per heavy atom. The normalized spacial score (nSPS) is 9.70. The van der Waals surface area contributed by atoms with E-state index in [9.17, 15) is 0 Å². The van der Waals surface area contributed by atoms with E-state index >= 15 is 0 Å². The van der Waals surface area contributed by atoms with Crippen molar-refractivity contribution in [2.75, 3.05) is 0 Å². The molecular formula is C22H37N. The summed E-state index contributed by atoms with van der Waals surface area (Å²) in [7, 11) is 0. The van der Waals surface area contributed by atoms with E-state index in [-0.39, 0.29) is 0 Å². The van der Waals surface area contributed by atoms with Gasteiger partial charge in [-0.25, -0.2) is 0 Å². The second-order valence-corrected chi connectivity index (χ2v) is 5.39. The van der Waals surface area contributed by atoms with Crippen molar-refractivity contribution in [1.82, 2.24) is 4.98 Å². The van der Waals surface area contributed by atoms with E-state index in [4.69, 9.17) is 0 Å². The number of pyridine rings is 1. The number of aromatic nitrogens is 1. The van der Waals surface area contributed by atoms with Gasteiger partial charge < -0.3 is 0 Å². The highest BCUT2D eigenvalue weighted by Gasteiger charge is 1.86. The molecule has 1 heteroatoms. The standard InChI is InChI=1S/C10H14.C6H7N.C4H10.C2H6/c1-5-7-8-10(6-2)9(3)4;1-6-3-2-4-7-5-6;1-4(2)3;1-2/h5-8H,2-3H2,1,4H3;2-5H,1H3;4H,1-3H3;1-2H3/b7-5+,10-8+;;;. The van der Waals surface area contributed by atoms with Crippen LogP contribution in [0.5, 0.6) is 0 Å². The predicted molar refractivity (Wildman–Crippen MR) is 109 cm³/mol. The Bertz CT molecular complexity index is 434. The maximum Gasteiger partial charge on any atom is 0.0297 e. The molecular weight excluding hydrogens is 278 g/mol. The summed E-state index contributed by atoms with van der Waals surface area (Å²) in [6.45, 7) is 23.9. The van der Waals surface area contributed by atoms with E-state index in [1.807, 2.05) is 77.3 Å². The average molecular weight is 316 g/mol. The van der Waals surface area contributed by atoms with Crippen LogP contribution in [-0.4, -0.2) is 4.98 Å². The summed E-state index contributed by atoms with van der Waals surface area (Å²) in [6, 6.07) is 3.95. The van der Waals surface area contributed by atoms with Gasteiger partial charge in [-0.3, -0.25) is 4.98 Å². The fourth-order valence-electron chi connectivity index (χ4n) is 1.03. The largest absolute Gasteiger partial charge is 0.264 e. The van der Waals surface area contributed by atoms with Gasteiger partial charge in [-0.05, 0) is 43.9 Å². The molecule has 0 aliphatic carbocycles. The maximum atomic E-state index is 3.88. The van der Waals surface area contributed by atoms with Gasteiger partial charge in [0.2, 0.25) is 0 Å². The fraction of sp³-hybridized carbons (Fsp3) is 0.409. The van der Waals surface area contributed by atoms with Crippen LogP contribution in [-0.2, 0) is 0 Å². The minimum Gasteiger partial charge on any atom is -0.264 e. The first-order chi connectivity index (χ1) is 10.8. The Hall–Kier alpha value is -1.89. The first-order valence-electron chi connectivity index (χ1n) is 8.33. The minimum absolute atomic E-state index is 0.833. The van der Waals surface area contributed by atoms with Crippen molar-refractivity contribution >= 4 is 0 Å². The van der Waals surface area contributed by atoms with Gasteiger partial charge in [0.15, 0.2) is 0 Å². The number of hydrogen-bond donors (Lipinski definition) is 0. The molecule has 1 nitrogen and oxygen atoms in total. The van der Waals surface area contributed by atoms with Gasteiger partial charge in [0, 0.05) is 12.4 Å². The summed E-state index contributed by atoms with van der Waals surface area (Å²) in [6.07, 6.45) is 11.4. The van der Waals surface area contributed by atoms with E-state index in [0.717, 1.165) is 17.1 Å². The number of aryl methyl sites for hydroxylation is 1. The Morgan fingerprint density at radius 1 is 1.22 bits per heavy atom. The number of allylic oxidation sites excluding steroid dienone is 6. The lowest BCUT2D eigenvalue weighted by Gasteiger charge is -1.95. The van der Waals surface area contributed by atoms with Crippen molar-refractivity contribution in [3.05, 3.63) is 78.7 Å². The molecule has 0 saturated carbocycles. The lowest BCUT2D eigenvalue weighted by molar-refractivity contribution is 0.737. The third-order valence-electron chi connectivity index (χ3n) is 1.99. The summed E-state index contributed by atoms with van der Waals surface area (Å²) >= 11 is 0. The van der Waals surface area contributed by atoms with Crippen molar-refractivity contribution in [3.63, 3.8) is 0 Å². The molecule has 1 rings (SSSR count). The zero-order chi connectivity index (χ0) is 18.7. The molecule has 0 N–H and O–H groups in total. The molecule has 1 heterocycles. The smallest absolute Gasteiger partial charge is 0.0297 e. The van der Waals surface area contributed by atoms with Crippen LogP contribution in [0, 0.1) is 12.8 Å². The van der Waals surface area contributed by atoms with Crippen LogP contribution in [0.25, 0.3) is 0 Å². The van der Waals surface area contributed by atoms with Crippen molar-refractivity contribution in [2.45, 2.75) is 55.4 Å². The van der Waals surface area contributed by atoms with Gasteiger partial charge >= 0.3 is 0 Å². The van der Waals surface area contributed by atoms with Gasteiger partial charge in [-0.15, -0.1) is 0 Å². The van der Waals surface area contributed by atoms with Gasteiger partial charge in [0.05, 0.1) is 0 Å². The van der Waals surface area contributed by atoms with E-state index in [1.54, 1.807) is 6.20 Å². The van der Waals surface area contributed by atoms with E-state index in [0.29, 0.717) is 0 Å². The van der Waals surface area contributed by atoms with E-state index in [1.165, 1.54) is 5.56 Å². The molecule has 0 unspecified atom stereocenters. The van der Waals surface area contributed by atoms with Crippen molar-refractivity contribution in [3.8, 4) is 0 Å². The molecule has 0 aromatic carbocycles. The molecule has 130 valence electrons. The molecule has 0 bridgehead atoms. The van der Waals surface area contributed by atoms with Crippen LogP contribution in [0.4, 0.5) is 0 Å². The SMILES string of the molecule is C=C/C(=C\C=C\C)C(=C)C.CC.CC(C)C.Cc1cccnc1. The number of nitrogens with zero attached hydrogens (tertiary/aromatic N) is 1. The Labute approximate surface area is 145 Å². The second kappa shape index (κ2) is 20.1. The summed E-state index contributed by atoms with van der Waals surface area (Å²) in [5.41, 5.74) is 3.36.